The number of methoxy groups -OCH3 is 1. The van der Waals surface area contributed by atoms with Crippen molar-refractivity contribution in [2.24, 2.45) is 0 Å². The van der Waals surface area contributed by atoms with E-state index in [1.165, 1.54) is 42.5 Å². The summed E-state index contributed by atoms with van der Waals surface area (Å²) >= 11 is 0. The monoisotopic (exact) mass is 482 g/mol. The molecule has 3 rings (SSSR count). The Balaban J connectivity index is 1.53. The van der Waals surface area contributed by atoms with Gasteiger partial charge in [0, 0.05) is 39.2 Å². The number of sulfonamides is 1. The summed E-state index contributed by atoms with van der Waals surface area (Å²) in [6, 6.07) is 17.8. The van der Waals surface area contributed by atoms with Crippen molar-refractivity contribution in [1.29, 1.82) is 0 Å². The van der Waals surface area contributed by atoms with E-state index < -0.39 is 10.0 Å². The molecule has 34 heavy (non-hydrogen) atoms. The smallest absolute Gasteiger partial charge is 0.242 e. The van der Waals surface area contributed by atoms with E-state index in [-0.39, 0.29) is 29.6 Å². The number of benzene rings is 3. The second-order valence-corrected chi connectivity index (χ2v) is 10.4. The SMILES string of the molecule is COc1ccc2cc(CN(C)C(=O)CCCN(C)S(=O)(=O)c3ccc(C(C)=O)cc3)ccc2c1. The number of nitrogens with zero attached hydrogens (tertiary/aromatic N) is 2. The van der Waals surface area contributed by atoms with Crippen LogP contribution < -0.4 is 4.74 Å². The molecule has 0 aromatic heterocycles. The van der Waals surface area contributed by atoms with E-state index >= 15 is 0 Å². The normalized spacial score (nSPS) is 11.6. The molecule has 7 nitrogen and oxygen atoms in total. The molecule has 0 spiro atoms. The molecule has 0 atom stereocenters. The number of Topliss-reactive ketones (excluding diaryl/α,β-unsaturated/α-hetero) is 1. The Morgan fingerprint density at radius 2 is 1.56 bits per heavy atom. The third-order valence-corrected chi connectivity index (χ3v) is 7.66. The van der Waals surface area contributed by atoms with Crippen molar-refractivity contribution < 1.29 is 22.7 Å². The molecule has 8 heteroatoms. The van der Waals surface area contributed by atoms with Gasteiger partial charge in [0.15, 0.2) is 5.78 Å². The lowest BCUT2D eigenvalue weighted by Crippen LogP contribution is -2.30. The molecule has 180 valence electrons. The van der Waals surface area contributed by atoms with Gasteiger partial charge in [-0.1, -0.05) is 30.3 Å². The van der Waals surface area contributed by atoms with Crippen molar-refractivity contribution in [3.63, 3.8) is 0 Å². The largest absolute Gasteiger partial charge is 0.497 e. The minimum Gasteiger partial charge on any atom is -0.497 e. The second-order valence-electron chi connectivity index (χ2n) is 8.31. The number of fused-ring (bicyclic) bond motifs is 1. The number of ether oxygens (including phenoxy) is 1. The molecule has 3 aromatic carbocycles. The van der Waals surface area contributed by atoms with Crippen LogP contribution in [0.15, 0.2) is 65.6 Å². The van der Waals surface area contributed by atoms with Gasteiger partial charge in [0.2, 0.25) is 15.9 Å². The highest BCUT2D eigenvalue weighted by Crippen LogP contribution is 2.22. The number of rotatable bonds is 10. The van der Waals surface area contributed by atoms with Crippen LogP contribution in [0.2, 0.25) is 0 Å². The molecule has 1 amide bonds. The summed E-state index contributed by atoms with van der Waals surface area (Å²) < 4.78 is 32.0. The third kappa shape index (κ3) is 6.01. The van der Waals surface area contributed by atoms with Crippen LogP contribution in [0.5, 0.6) is 5.75 Å². The summed E-state index contributed by atoms with van der Waals surface area (Å²) in [5.41, 5.74) is 1.48. The van der Waals surface area contributed by atoms with Crippen LogP contribution in [0.4, 0.5) is 0 Å². The van der Waals surface area contributed by atoms with E-state index in [1.54, 1.807) is 19.1 Å². The van der Waals surface area contributed by atoms with Crippen LogP contribution >= 0.6 is 0 Å². The molecule has 0 aliphatic rings. The lowest BCUT2D eigenvalue weighted by Gasteiger charge is -2.20. The average molecular weight is 483 g/mol. The Morgan fingerprint density at radius 1 is 0.912 bits per heavy atom. The molecule has 0 aliphatic heterocycles. The first-order valence-electron chi connectivity index (χ1n) is 11.0. The molecule has 0 aliphatic carbocycles. The summed E-state index contributed by atoms with van der Waals surface area (Å²) in [5.74, 6) is 0.628. The van der Waals surface area contributed by atoms with Gasteiger partial charge in [0.25, 0.3) is 0 Å². The Labute approximate surface area is 201 Å². The molecule has 3 aromatic rings. The van der Waals surface area contributed by atoms with Gasteiger partial charge in [-0.15, -0.1) is 0 Å². The van der Waals surface area contributed by atoms with Crippen molar-refractivity contribution in [3.05, 3.63) is 71.8 Å². The Morgan fingerprint density at radius 3 is 2.21 bits per heavy atom. The van der Waals surface area contributed by atoms with Crippen molar-refractivity contribution in [2.45, 2.75) is 31.2 Å². The number of ketones is 1. The van der Waals surface area contributed by atoms with Crippen molar-refractivity contribution in [1.82, 2.24) is 9.21 Å². The maximum Gasteiger partial charge on any atom is 0.242 e. The van der Waals surface area contributed by atoms with Crippen LogP contribution in [-0.2, 0) is 21.4 Å². The molecule has 0 N–H and O–H groups in total. The Bertz CT molecular complexity index is 1290. The minimum absolute atomic E-state index is 0.0496. The first-order chi connectivity index (χ1) is 16.1. The molecule has 0 saturated carbocycles. The Kier molecular flexibility index (Phi) is 8.06. The van der Waals surface area contributed by atoms with Crippen LogP contribution in [0.25, 0.3) is 10.8 Å². The maximum absolute atomic E-state index is 12.7. The molecular formula is C26H30N2O5S. The number of carbonyl (C=O) groups excluding carboxylic acids is 2. The van der Waals surface area contributed by atoms with Crippen LogP contribution in [0, 0.1) is 0 Å². The third-order valence-electron chi connectivity index (χ3n) is 5.79. The molecule has 0 bridgehead atoms. The fourth-order valence-electron chi connectivity index (χ4n) is 3.67. The molecule has 0 fully saturated rings. The van der Waals surface area contributed by atoms with E-state index in [0.29, 0.717) is 18.5 Å². The first kappa shape index (κ1) is 25.4. The predicted octanol–water partition coefficient (Wildman–Crippen LogP) is 4.11. The van der Waals surface area contributed by atoms with Crippen LogP contribution in [-0.4, -0.2) is 57.1 Å². The lowest BCUT2D eigenvalue weighted by molar-refractivity contribution is -0.130. The molecule has 0 saturated heterocycles. The van der Waals surface area contributed by atoms with Gasteiger partial charge in [-0.3, -0.25) is 9.59 Å². The molecular weight excluding hydrogens is 452 g/mol. The van der Waals surface area contributed by atoms with E-state index in [2.05, 4.69) is 6.07 Å². The Hall–Kier alpha value is -3.23. The molecule has 0 radical (unpaired) electrons. The van der Waals surface area contributed by atoms with Gasteiger partial charge < -0.3 is 9.64 Å². The quantitative estimate of drug-likeness (QED) is 0.406. The average Bonchev–Trinajstić information content (AvgIpc) is 2.83. The standard InChI is InChI=1S/C26H30N2O5S/c1-19(29)21-10-13-25(14-11-21)34(31,32)28(3)15-5-6-26(30)27(2)18-20-7-8-23-17-24(33-4)12-9-22(23)16-20/h7-14,16-17H,5-6,15,18H2,1-4H3. The van der Waals surface area contributed by atoms with Gasteiger partial charge in [-0.2, -0.15) is 0 Å². The van der Waals surface area contributed by atoms with E-state index in [1.807, 2.05) is 30.3 Å². The maximum atomic E-state index is 12.7. The summed E-state index contributed by atoms with van der Waals surface area (Å²) in [4.78, 5) is 25.8. The summed E-state index contributed by atoms with van der Waals surface area (Å²) in [7, 11) is 1.19. The van der Waals surface area contributed by atoms with Crippen LogP contribution in [0.1, 0.15) is 35.7 Å². The highest BCUT2D eigenvalue weighted by atomic mass is 32.2. The molecule has 0 unspecified atom stereocenters. The number of hydrogen-bond donors (Lipinski definition) is 0. The lowest BCUT2D eigenvalue weighted by atomic mass is 10.1. The highest BCUT2D eigenvalue weighted by Gasteiger charge is 2.21. The number of amides is 1. The highest BCUT2D eigenvalue weighted by molar-refractivity contribution is 7.89. The van der Waals surface area contributed by atoms with Crippen molar-refractivity contribution >= 4 is 32.5 Å². The van der Waals surface area contributed by atoms with Crippen molar-refractivity contribution in [2.75, 3.05) is 27.7 Å². The van der Waals surface area contributed by atoms with Gasteiger partial charge in [0.05, 0.1) is 12.0 Å². The fourth-order valence-corrected chi connectivity index (χ4v) is 4.88. The van der Waals surface area contributed by atoms with Crippen molar-refractivity contribution in [3.8, 4) is 5.75 Å². The number of hydrogen-bond acceptors (Lipinski definition) is 5. The zero-order chi connectivity index (χ0) is 24.9. The van der Waals surface area contributed by atoms with Gasteiger partial charge in [-0.05, 0) is 60.0 Å². The van der Waals surface area contributed by atoms with Gasteiger partial charge >= 0.3 is 0 Å². The van der Waals surface area contributed by atoms with Crippen LogP contribution in [0.3, 0.4) is 0 Å². The number of carbonyl (C=O) groups is 2. The van der Waals surface area contributed by atoms with Gasteiger partial charge in [-0.25, -0.2) is 12.7 Å². The van der Waals surface area contributed by atoms with Gasteiger partial charge in [0.1, 0.15) is 5.75 Å². The summed E-state index contributed by atoms with van der Waals surface area (Å²) in [6.07, 6.45) is 0.645. The van der Waals surface area contributed by atoms with E-state index in [0.717, 1.165) is 22.1 Å². The topological polar surface area (TPSA) is 84.0 Å². The first-order valence-corrected chi connectivity index (χ1v) is 12.4. The predicted molar refractivity (Wildman–Crippen MR) is 132 cm³/mol. The second kappa shape index (κ2) is 10.8. The fraction of sp³-hybridized carbons (Fsp3) is 0.308. The van der Waals surface area contributed by atoms with E-state index in [9.17, 15) is 18.0 Å². The zero-order valence-electron chi connectivity index (χ0n) is 19.9. The summed E-state index contributed by atoms with van der Waals surface area (Å²) in [5, 5.41) is 2.14. The zero-order valence-corrected chi connectivity index (χ0v) is 20.8. The minimum atomic E-state index is -3.69. The molecule has 0 heterocycles. The summed E-state index contributed by atoms with van der Waals surface area (Å²) in [6.45, 7) is 2.12. The van der Waals surface area contributed by atoms with E-state index in [4.69, 9.17) is 4.74 Å².